The van der Waals surface area contributed by atoms with Crippen molar-refractivity contribution in [1.29, 1.82) is 0 Å². The number of benzene rings is 2. The molecule has 0 aliphatic heterocycles. The van der Waals surface area contributed by atoms with Gasteiger partial charge in [-0.05, 0) is 56.7 Å². The van der Waals surface area contributed by atoms with E-state index in [9.17, 15) is 27.7 Å². The average Bonchev–Trinajstić information content (AvgIpc) is 3.55. The van der Waals surface area contributed by atoms with Crippen LogP contribution in [0, 0.1) is 22.9 Å². The third kappa shape index (κ3) is 6.18. The molecule has 0 aliphatic rings. The Balaban J connectivity index is 1.81. The van der Waals surface area contributed by atoms with E-state index in [-0.39, 0.29) is 35.1 Å². The summed E-state index contributed by atoms with van der Waals surface area (Å²) in [7, 11) is -4.28. The lowest BCUT2D eigenvalue weighted by atomic mass is 10.2. The smallest absolute Gasteiger partial charge is 0.272 e. The molecule has 210 valence electrons. The molecule has 2 aromatic heterocycles. The standard InChI is InChI=1S/C26H26FN5O7S/c1-4-16(2)30-40(36,37)23-14-20(32(34)35)10-11-22(23)39-26-17(3)24(25(33)28-15-21-9-6-12-38-21)29-31(26)19-8-5-7-18(27)13-19/h5-14,16,30H,4,15H2,1-3H3,(H,28,33). The van der Waals surface area contributed by atoms with Crippen LogP contribution in [0.15, 0.2) is 70.2 Å². The summed E-state index contributed by atoms with van der Waals surface area (Å²) in [6, 6.07) is 11.3. The molecule has 0 fully saturated rings. The van der Waals surface area contributed by atoms with E-state index in [0.29, 0.717) is 12.2 Å². The van der Waals surface area contributed by atoms with Crippen LogP contribution in [-0.2, 0) is 16.6 Å². The first-order valence-electron chi connectivity index (χ1n) is 12.1. The van der Waals surface area contributed by atoms with Gasteiger partial charge in [-0.25, -0.2) is 17.5 Å². The Bertz CT molecular complexity index is 1650. The van der Waals surface area contributed by atoms with E-state index in [1.807, 2.05) is 0 Å². The van der Waals surface area contributed by atoms with Crippen molar-refractivity contribution < 1.29 is 31.7 Å². The third-order valence-corrected chi connectivity index (χ3v) is 7.55. The molecular formula is C26H26FN5O7S. The molecule has 0 spiro atoms. The maximum atomic E-state index is 14.1. The fourth-order valence-electron chi connectivity index (χ4n) is 3.68. The van der Waals surface area contributed by atoms with Crippen LogP contribution >= 0.6 is 0 Å². The first-order valence-corrected chi connectivity index (χ1v) is 13.6. The largest absolute Gasteiger partial charge is 0.467 e. The van der Waals surface area contributed by atoms with Gasteiger partial charge in [0, 0.05) is 23.7 Å². The zero-order valence-corrected chi connectivity index (χ0v) is 22.6. The molecule has 1 amide bonds. The predicted octanol–water partition coefficient (Wildman–Crippen LogP) is 4.62. The van der Waals surface area contributed by atoms with Crippen molar-refractivity contribution in [2.24, 2.45) is 0 Å². The summed E-state index contributed by atoms with van der Waals surface area (Å²) >= 11 is 0. The molecule has 0 bridgehead atoms. The minimum absolute atomic E-state index is 0.0698. The van der Waals surface area contributed by atoms with Gasteiger partial charge in [0.15, 0.2) is 5.69 Å². The summed E-state index contributed by atoms with van der Waals surface area (Å²) in [4.78, 5) is 23.2. The Labute approximate surface area is 229 Å². The van der Waals surface area contributed by atoms with Crippen LogP contribution in [0.4, 0.5) is 10.1 Å². The number of nitrogens with one attached hydrogen (secondary N) is 2. The summed E-state index contributed by atoms with van der Waals surface area (Å²) in [5.74, 6) is -1.03. The van der Waals surface area contributed by atoms with Crippen molar-refractivity contribution in [2.75, 3.05) is 0 Å². The third-order valence-electron chi connectivity index (χ3n) is 5.94. The summed E-state index contributed by atoms with van der Waals surface area (Å²) < 4.78 is 55.4. The number of nitrogens with zero attached hydrogens (tertiary/aromatic N) is 3. The highest BCUT2D eigenvalue weighted by Crippen LogP contribution is 2.36. The Kier molecular flexibility index (Phi) is 8.30. The van der Waals surface area contributed by atoms with E-state index < -0.39 is 43.3 Å². The molecule has 2 aromatic carbocycles. The van der Waals surface area contributed by atoms with Crippen molar-refractivity contribution >= 4 is 21.6 Å². The highest BCUT2D eigenvalue weighted by molar-refractivity contribution is 7.89. The predicted molar refractivity (Wildman–Crippen MR) is 141 cm³/mol. The molecule has 40 heavy (non-hydrogen) atoms. The van der Waals surface area contributed by atoms with Gasteiger partial charge < -0.3 is 14.5 Å². The number of carbonyl (C=O) groups is 1. The van der Waals surface area contributed by atoms with Crippen LogP contribution in [0.3, 0.4) is 0 Å². The molecule has 0 saturated heterocycles. The number of carbonyl (C=O) groups excluding carboxylic acids is 1. The van der Waals surface area contributed by atoms with Gasteiger partial charge in [0.1, 0.15) is 22.2 Å². The van der Waals surface area contributed by atoms with Gasteiger partial charge in [0.2, 0.25) is 15.9 Å². The second kappa shape index (κ2) is 11.7. The number of rotatable bonds is 11. The number of ether oxygens (including phenoxy) is 1. The van der Waals surface area contributed by atoms with Crippen molar-refractivity contribution in [1.82, 2.24) is 19.8 Å². The first-order chi connectivity index (χ1) is 19.0. The maximum Gasteiger partial charge on any atom is 0.272 e. The van der Waals surface area contributed by atoms with E-state index in [0.717, 1.165) is 28.9 Å². The van der Waals surface area contributed by atoms with Crippen LogP contribution in [0.25, 0.3) is 5.69 Å². The fraction of sp³-hybridized carbons (Fsp3) is 0.231. The number of hydrogen-bond acceptors (Lipinski definition) is 8. The van der Waals surface area contributed by atoms with Crippen LogP contribution in [-0.4, -0.2) is 35.1 Å². The zero-order chi connectivity index (χ0) is 29.0. The van der Waals surface area contributed by atoms with Crippen LogP contribution in [0.1, 0.15) is 42.1 Å². The molecule has 1 unspecified atom stereocenters. The second-order valence-corrected chi connectivity index (χ2v) is 10.5. The number of nitro groups is 1. The normalized spacial score (nSPS) is 12.2. The van der Waals surface area contributed by atoms with Gasteiger partial charge in [-0.2, -0.15) is 9.78 Å². The van der Waals surface area contributed by atoms with Crippen molar-refractivity contribution in [3.8, 4) is 17.3 Å². The van der Waals surface area contributed by atoms with Gasteiger partial charge in [-0.3, -0.25) is 14.9 Å². The molecule has 12 nitrogen and oxygen atoms in total. The molecule has 2 heterocycles. The number of non-ortho nitro benzene ring substituents is 1. The highest BCUT2D eigenvalue weighted by Gasteiger charge is 2.28. The Hall–Kier alpha value is -4.56. The highest BCUT2D eigenvalue weighted by atomic mass is 32.2. The summed E-state index contributed by atoms with van der Waals surface area (Å²) in [5.41, 5.74) is -0.148. The molecule has 4 rings (SSSR count). The maximum absolute atomic E-state index is 14.1. The van der Waals surface area contributed by atoms with E-state index in [2.05, 4.69) is 15.1 Å². The SMILES string of the molecule is CCC(C)NS(=O)(=O)c1cc([N+](=O)[O-])ccc1Oc1c(C)c(C(=O)NCc2ccco2)nn1-c1cccc(F)c1. The molecule has 14 heteroatoms. The lowest BCUT2D eigenvalue weighted by Crippen LogP contribution is -2.32. The monoisotopic (exact) mass is 571 g/mol. The second-order valence-electron chi connectivity index (χ2n) is 8.85. The van der Waals surface area contributed by atoms with Gasteiger partial charge in [-0.1, -0.05) is 13.0 Å². The van der Waals surface area contributed by atoms with Gasteiger partial charge in [0.25, 0.3) is 11.6 Å². The first kappa shape index (κ1) is 28.4. The Morgan fingerprint density at radius 1 is 1.23 bits per heavy atom. The van der Waals surface area contributed by atoms with Crippen molar-refractivity contribution in [3.63, 3.8) is 0 Å². The van der Waals surface area contributed by atoms with Crippen molar-refractivity contribution in [3.05, 3.63) is 93.8 Å². The number of aromatic nitrogens is 2. The lowest BCUT2D eigenvalue weighted by molar-refractivity contribution is -0.385. The van der Waals surface area contributed by atoms with Crippen LogP contribution in [0.2, 0.25) is 0 Å². The van der Waals surface area contributed by atoms with E-state index in [4.69, 9.17) is 9.15 Å². The van der Waals surface area contributed by atoms with Gasteiger partial charge >= 0.3 is 0 Å². The Morgan fingerprint density at radius 2 is 2.00 bits per heavy atom. The van der Waals surface area contributed by atoms with E-state index in [1.54, 1.807) is 26.0 Å². The number of hydrogen-bond donors (Lipinski definition) is 2. The lowest BCUT2D eigenvalue weighted by Gasteiger charge is -2.16. The number of sulfonamides is 1. The quantitative estimate of drug-likeness (QED) is 0.195. The number of halogens is 1. The molecular weight excluding hydrogens is 545 g/mol. The molecule has 0 radical (unpaired) electrons. The van der Waals surface area contributed by atoms with Crippen LogP contribution < -0.4 is 14.8 Å². The summed E-state index contributed by atoms with van der Waals surface area (Å²) in [6.07, 6.45) is 1.93. The van der Waals surface area contributed by atoms with Gasteiger partial charge in [0.05, 0.1) is 23.4 Å². The van der Waals surface area contributed by atoms with Crippen molar-refractivity contribution in [2.45, 2.75) is 44.7 Å². The minimum atomic E-state index is -4.28. The molecule has 4 aromatic rings. The summed E-state index contributed by atoms with van der Waals surface area (Å²) in [6.45, 7) is 5.01. The van der Waals surface area contributed by atoms with E-state index >= 15 is 0 Å². The molecule has 2 N–H and O–H groups in total. The summed E-state index contributed by atoms with van der Waals surface area (Å²) in [5, 5.41) is 18.4. The Morgan fingerprint density at radius 3 is 2.65 bits per heavy atom. The minimum Gasteiger partial charge on any atom is -0.467 e. The number of amides is 1. The number of nitro benzene ring substituents is 1. The fourth-order valence-corrected chi connectivity index (χ4v) is 5.16. The molecule has 1 atom stereocenters. The molecule has 0 aliphatic carbocycles. The van der Waals surface area contributed by atoms with E-state index in [1.165, 1.54) is 31.4 Å². The zero-order valence-electron chi connectivity index (χ0n) is 21.8. The molecule has 0 saturated carbocycles. The van der Waals surface area contributed by atoms with Crippen LogP contribution in [0.5, 0.6) is 11.6 Å². The van der Waals surface area contributed by atoms with Gasteiger partial charge in [-0.15, -0.1) is 0 Å². The average molecular weight is 572 g/mol. The topological polar surface area (TPSA) is 159 Å². The number of furan rings is 1.